The Balaban J connectivity index is 2.42. The van der Waals surface area contributed by atoms with Crippen LogP contribution in [0.25, 0.3) is 0 Å². The number of rotatable bonds is 10. The zero-order chi connectivity index (χ0) is 15.0. The maximum absolute atomic E-state index is 3.65. The molecule has 1 aliphatic heterocycles. The average molecular weight is 284 g/mol. The first-order valence-electron chi connectivity index (χ1n) is 8.63. The highest BCUT2D eigenvalue weighted by atomic mass is 15.2. The molecule has 0 aliphatic carbocycles. The van der Waals surface area contributed by atoms with Gasteiger partial charge in [0.15, 0.2) is 0 Å². The van der Waals surface area contributed by atoms with Crippen LogP contribution in [0, 0.1) is 11.3 Å². The molecule has 0 saturated carbocycles. The summed E-state index contributed by atoms with van der Waals surface area (Å²) in [5.41, 5.74) is 0.453. The zero-order valence-electron chi connectivity index (χ0n) is 14.5. The molecule has 20 heavy (non-hydrogen) atoms. The Bertz CT molecular complexity index is 251. The van der Waals surface area contributed by atoms with E-state index in [1.54, 1.807) is 0 Å². The normalized spacial score (nSPS) is 21.0. The summed E-state index contributed by atoms with van der Waals surface area (Å²) in [5, 5.41) is 3.65. The van der Waals surface area contributed by atoms with Gasteiger partial charge in [-0.15, -0.1) is 0 Å². The summed E-state index contributed by atoms with van der Waals surface area (Å²) in [6, 6.07) is 0. The molecule has 1 rings (SSSR count). The second-order valence-electron chi connectivity index (χ2n) is 7.00. The number of hydrogen-bond acceptors (Lipinski definition) is 3. The largest absolute Gasteiger partial charge is 0.316 e. The molecule has 0 aromatic rings. The van der Waals surface area contributed by atoms with Gasteiger partial charge in [-0.2, -0.15) is 0 Å². The molecule has 3 nitrogen and oxygen atoms in total. The molecule has 1 fully saturated rings. The van der Waals surface area contributed by atoms with E-state index in [9.17, 15) is 0 Å². The molecule has 3 heteroatoms. The lowest BCUT2D eigenvalue weighted by Crippen LogP contribution is -2.44. The van der Waals surface area contributed by atoms with Crippen LogP contribution in [0.3, 0.4) is 0 Å². The lowest BCUT2D eigenvalue weighted by Gasteiger charge is -2.37. The van der Waals surface area contributed by atoms with E-state index in [0.29, 0.717) is 5.41 Å². The van der Waals surface area contributed by atoms with E-state index in [4.69, 9.17) is 0 Å². The minimum absolute atomic E-state index is 0.453. The van der Waals surface area contributed by atoms with Gasteiger partial charge < -0.3 is 15.1 Å². The number of nitrogens with zero attached hydrogens (tertiary/aromatic N) is 2. The smallest absolute Gasteiger partial charge is 0.00470 e. The van der Waals surface area contributed by atoms with E-state index >= 15 is 0 Å². The SMILES string of the molecule is CCCNCC(CC)(CC)CN(C)CC1CCN(C)C1. The van der Waals surface area contributed by atoms with Crippen molar-refractivity contribution in [2.45, 2.75) is 46.5 Å². The lowest BCUT2D eigenvalue weighted by atomic mass is 9.81. The summed E-state index contributed by atoms with van der Waals surface area (Å²) in [6.45, 7) is 14.3. The van der Waals surface area contributed by atoms with Crippen LogP contribution in [0.5, 0.6) is 0 Å². The van der Waals surface area contributed by atoms with Crippen molar-refractivity contribution in [2.24, 2.45) is 11.3 Å². The molecule has 120 valence electrons. The Morgan fingerprint density at radius 2 is 1.95 bits per heavy atom. The maximum atomic E-state index is 3.65. The van der Waals surface area contributed by atoms with E-state index in [2.05, 4.69) is 50.0 Å². The molecule has 0 radical (unpaired) electrons. The third-order valence-corrected chi connectivity index (χ3v) is 5.09. The second kappa shape index (κ2) is 9.01. The Labute approximate surface area is 127 Å². The van der Waals surface area contributed by atoms with Crippen molar-refractivity contribution in [3.8, 4) is 0 Å². The highest BCUT2D eigenvalue weighted by Gasteiger charge is 2.29. The first-order valence-corrected chi connectivity index (χ1v) is 8.63. The Morgan fingerprint density at radius 1 is 1.25 bits per heavy atom. The minimum atomic E-state index is 0.453. The number of likely N-dealkylation sites (tertiary alicyclic amines) is 1. The molecule has 0 spiro atoms. The van der Waals surface area contributed by atoms with Gasteiger partial charge in [0.2, 0.25) is 0 Å². The maximum Gasteiger partial charge on any atom is 0.00470 e. The third kappa shape index (κ3) is 5.71. The molecule has 0 aromatic heterocycles. The van der Waals surface area contributed by atoms with E-state index in [1.165, 1.54) is 58.4 Å². The molecule has 1 aliphatic rings. The Morgan fingerprint density at radius 3 is 2.45 bits per heavy atom. The predicted octanol–water partition coefficient (Wildman–Crippen LogP) is 2.68. The molecular formula is C17H37N3. The molecule has 1 atom stereocenters. The van der Waals surface area contributed by atoms with Gasteiger partial charge in [0.05, 0.1) is 0 Å². The minimum Gasteiger partial charge on any atom is -0.316 e. The van der Waals surface area contributed by atoms with Crippen molar-refractivity contribution in [1.29, 1.82) is 0 Å². The van der Waals surface area contributed by atoms with Gasteiger partial charge in [-0.3, -0.25) is 0 Å². The van der Waals surface area contributed by atoms with Gasteiger partial charge in [0.25, 0.3) is 0 Å². The number of hydrogen-bond donors (Lipinski definition) is 1. The quantitative estimate of drug-likeness (QED) is 0.622. The van der Waals surface area contributed by atoms with E-state index < -0.39 is 0 Å². The first-order chi connectivity index (χ1) is 9.55. The Hall–Kier alpha value is -0.120. The van der Waals surface area contributed by atoms with Crippen molar-refractivity contribution in [3.05, 3.63) is 0 Å². The highest BCUT2D eigenvalue weighted by Crippen LogP contribution is 2.27. The fourth-order valence-electron chi connectivity index (χ4n) is 3.56. The standard InChI is InChI=1S/C17H37N3/c1-6-10-18-14-17(7-2,8-3)15-20(5)13-16-9-11-19(4)12-16/h16,18H,6-15H2,1-5H3. The van der Waals surface area contributed by atoms with Crippen LogP contribution >= 0.6 is 0 Å². The van der Waals surface area contributed by atoms with Crippen molar-refractivity contribution in [2.75, 3.05) is 53.4 Å². The molecule has 1 unspecified atom stereocenters. The summed E-state index contributed by atoms with van der Waals surface area (Å²) < 4.78 is 0. The van der Waals surface area contributed by atoms with Gasteiger partial charge in [-0.1, -0.05) is 20.8 Å². The fraction of sp³-hybridized carbons (Fsp3) is 1.00. The summed E-state index contributed by atoms with van der Waals surface area (Å²) in [4.78, 5) is 5.05. The third-order valence-electron chi connectivity index (χ3n) is 5.09. The van der Waals surface area contributed by atoms with E-state index in [0.717, 1.165) is 12.5 Å². The fourth-order valence-corrected chi connectivity index (χ4v) is 3.56. The summed E-state index contributed by atoms with van der Waals surface area (Å²) in [6.07, 6.45) is 5.15. The van der Waals surface area contributed by atoms with Crippen molar-refractivity contribution >= 4 is 0 Å². The van der Waals surface area contributed by atoms with Crippen LogP contribution in [0.2, 0.25) is 0 Å². The Kier molecular flexibility index (Phi) is 8.08. The average Bonchev–Trinajstić information content (AvgIpc) is 2.83. The number of nitrogens with one attached hydrogen (secondary N) is 1. The van der Waals surface area contributed by atoms with Gasteiger partial charge >= 0.3 is 0 Å². The summed E-state index contributed by atoms with van der Waals surface area (Å²) in [5.74, 6) is 0.875. The molecular weight excluding hydrogens is 246 g/mol. The van der Waals surface area contributed by atoms with Crippen LogP contribution in [0.4, 0.5) is 0 Å². The van der Waals surface area contributed by atoms with Gasteiger partial charge in [-0.05, 0) is 64.2 Å². The molecule has 0 amide bonds. The molecule has 1 N–H and O–H groups in total. The topological polar surface area (TPSA) is 18.5 Å². The summed E-state index contributed by atoms with van der Waals surface area (Å²) in [7, 11) is 4.56. The predicted molar refractivity (Wildman–Crippen MR) is 89.3 cm³/mol. The van der Waals surface area contributed by atoms with Gasteiger partial charge in [-0.25, -0.2) is 0 Å². The monoisotopic (exact) mass is 283 g/mol. The lowest BCUT2D eigenvalue weighted by molar-refractivity contribution is 0.142. The van der Waals surface area contributed by atoms with Gasteiger partial charge in [0, 0.05) is 26.2 Å². The van der Waals surface area contributed by atoms with Crippen LogP contribution in [0.1, 0.15) is 46.5 Å². The van der Waals surface area contributed by atoms with E-state index in [1.807, 2.05) is 0 Å². The molecule has 0 bridgehead atoms. The summed E-state index contributed by atoms with van der Waals surface area (Å²) >= 11 is 0. The highest BCUT2D eigenvalue weighted by molar-refractivity contribution is 4.84. The van der Waals surface area contributed by atoms with E-state index in [-0.39, 0.29) is 0 Å². The first kappa shape index (κ1) is 17.9. The van der Waals surface area contributed by atoms with Crippen LogP contribution in [-0.4, -0.2) is 63.2 Å². The molecule has 1 saturated heterocycles. The molecule has 0 aromatic carbocycles. The zero-order valence-corrected chi connectivity index (χ0v) is 14.5. The van der Waals surface area contributed by atoms with Crippen molar-refractivity contribution in [1.82, 2.24) is 15.1 Å². The second-order valence-corrected chi connectivity index (χ2v) is 7.00. The molecule has 1 heterocycles. The van der Waals surface area contributed by atoms with Crippen molar-refractivity contribution < 1.29 is 0 Å². The van der Waals surface area contributed by atoms with Crippen LogP contribution in [0.15, 0.2) is 0 Å². The van der Waals surface area contributed by atoms with Crippen LogP contribution < -0.4 is 5.32 Å². The van der Waals surface area contributed by atoms with Crippen molar-refractivity contribution in [3.63, 3.8) is 0 Å². The van der Waals surface area contributed by atoms with Crippen LogP contribution in [-0.2, 0) is 0 Å². The van der Waals surface area contributed by atoms with Gasteiger partial charge in [0.1, 0.15) is 0 Å².